The maximum Gasteiger partial charge on any atom is 0.277 e. The smallest absolute Gasteiger partial charge is 0.277 e. The van der Waals surface area contributed by atoms with Gasteiger partial charge in [0, 0.05) is 28.7 Å². The van der Waals surface area contributed by atoms with Crippen molar-refractivity contribution >= 4 is 17.5 Å². The average Bonchev–Trinajstić information content (AvgIpc) is 3.57. The first-order valence-electron chi connectivity index (χ1n) is 10.9. The summed E-state index contributed by atoms with van der Waals surface area (Å²) in [6.45, 7) is 5.74. The van der Waals surface area contributed by atoms with Crippen molar-refractivity contribution in [3.05, 3.63) is 77.2 Å². The standard InChI is InChI=1S/C25H22FN3O5S/c1-14-10-18(15(2)29(14)17-8-9-22-23(11-17)32-13-31-22)20(30)12-35-25-28-27-24(34-25)16(3)33-21-7-5-4-6-19(21)26/h4-11,16H,12-13H2,1-3H3/t16-/m1/s1. The fourth-order valence-corrected chi connectivity index (χ4v) is 4.55. The van der Waals surface area contributed by atoms with Gasteiger partial charge in [-0.05, 0) is 51.1 Å². The van der Waals surface area contributed by atoms with Gasteiger partial charge in [-0.3, -0.25) is 4.79 Å². The second-order valence-corrected chi connectivity index (χ2v) is 8.89. The molecular weight excluding hydrogens is 473 g/mol. The van der Waals surface area contributed by atoms with Crippen LogP contribution in [-0.4, -0.2) is 33.1 Å². The van der Waals surface area contributed by atoms with Crippen molar-refractivity contribution in [1.29, 1.82) is 0 Å². The number of fused-ring (bicyclic) bond motifs is 1. The zero-order valence-corrected chi connectivity index (χ0v) is 20.1. The van der Waals surface area contributed by atoms with Gasteiger partial charge in [0.15, 0.2) is 35.0 Å². The van der Waals surface area contributed by atoms with Crippen molar-refractivity contribution in [2.24, 2.45) is 0 Å². The molecule has 0 saturated heterocycles. The molecule has 0 N–H and O–H groups in total. The number of hydrogen-bond donors (Lipinski definition) is 0. The minimum Gasteiger partial charge on any atom is -0.478 e. The van der Waals surface area contributed by atoms with Crippen LogP contribution < -0.4 is 14.2 Å². The molecule has 0 aliphatic carbocycles. The van der Waals surface area contributed by atoms with Gasteiger partial charge in [-0.2, -0.15) is 0 Å². The molecule has 8 nitrogen and oxygen atoms in total. The Morgan fingerprint density at radius 3 is 2.77 bits per heavy atom. The molecule has 0 unspecified atom stereocenters. The highest BCUT2D eigenvalue weighted by Gasteiger charge is 2.22. The van der Waals surface area contributed by atoms with Gasteiger partial charge in [-0.15, -0.1) is 10.2 Å². The fraction of sp³-hybridized carbons (Fsp3) is 0.240. The maximum absolute atomic E-state index is 13.8. The van der Waals surface area contributed by atoms with Crippen LogP contribution >= 0.6 is 11.8 Å². The van der Waals surface area contributed by atoms with Crippen LogP contribution in [0.2, 0.25) is 0 Å². The van der Waals surface area contributed by atoms with Gasteiger partial charge < -0.3 is 23.2 Å². The van der Waals surface area contributed by atoms with Crippen LogP contribution in [-0.2, 0) is 0 Å². The lowest BCUT2D eigenvalue weighted by Crippen LogP contribution is -2.05. The van der Waals surface area contributed by atoms with E-state index in [0.29, 0.717) is 17.1 Å². The molecule has 2 aromatic carbocycles. The van der Waals surface area contributed by atoms with Gasteiger partial charge in [0.1, 0.15) is 0 Å². The number of ketones is 1. The number of hydrogen-bond acceptors (Lipinski definition) is 8. The molecule has 0 bridgehead atoms. The van der Waals surface area contributed by atoms with Gasteiger partial charge in [0.05, 0.1) is 5.75 Å². The maximum atomic E-state index is 13.8. The first-order valence-corrected chi connectivity index (χ1v) is 11.9. The van der Waals surface area contributed by atoms with Gasteiger partial charge in [0.2, 0.25) is 6.79 Å². The molecule has 5 rings (SSSR count). The van der Waals surface area contributed by atoms with E-state index in [-0.39, 0.29) is 35.2 Å². The highest BCUT2D eigenvalue weighted by molar-refractivity contribution is 7.99. The SMILES string of the molecule is Cc1cc(C(=O)CSc2nnc([C@@H](C)Oc3ccccc3F)o2)c(C)n1-c1ccc2c(c1)OCO2. The number of para-hydroxylation sites is 1. The van der Waals surface area contributed by atoms with Crippen LogP contribution in [0.4, 0.5) is 4.39 Å². The summed E-state index contributed by atoms with van der Waals surface area (Å²) in [6.07, 6.45) is -0.648. The van der Waals surface area contributed by atoms with Crippen LogP contribution in [0.15, 0.2) is 58.2 Å². The van der Waals surface area contributed by atoms with E-state index >= 15 is 0 Å². The Hall–Kier alpha value is -3.79. The molecule has 2 aromatic heterocycles. The Kier molecular flexibility index (Phi) is 6.21. The largest absolute Gasteiger partial charge is 0.478 e. The molecule has 35 heavy (non-hydrogen) atoms. The van der Waals surface area contributed by atoms with Crippen molar-refractivity contribution in [2.75, 3.05) is 12.5 Å². The van der Waals surface area contributed by atoms with E-state index in [9.17, 15) is 9.18 Å². The van der Waals surface area contributed by atoms with E-state index in [1.807, 2.05) is 42.7 Å². The molecule has 180 valence electrons. The predicted octanol–water partition coefficient (Wildman–Crippen LogP) is 5.46. The molecule has 0 spiro atoms. The van der Waals surface area contributed by atoms with Crippen molar-refractivity contribution < 1.29 is 27.8 Å². The highest BCUT2D eigenvalue weighted by Crippen LogP contribution is 2.35. The van der Waals surface area contributed by atoms with Gasteiger partial charge in [-0.1, -0.05) is 23.9 Å². The van der Waals surface area contributed by atoms with Crippen LogP contribution in [0.25, 0.3) is 5.69 Å². The van der Waals surface area contributed by atoms with Crippen molar-refractivity contribution in [3.63, 3.8) is 0 Å². The molecule has 0 radical (unpaired) electrons. The Labute approximate surface area is 205 Å². The molecule has 0 amide bonds. The summed E-state index contributed by atoms with van der Waals surface area (Å²) in [5.41, 5.74) is 3.25. The second-order valence-electron chi connectivity index (χ2n) is 7.97. The normalized spacial score (nSPS) is 13.1. The van der Waals surface area contributed by atoms with Crippen LogP contribution in [0.5, 0.6) is 17.2 Å². The lowest BCUT2D eigenvalue weighted by Gasteiger charge is -2.11. The van der Waals surface area contributed by atoms with E-state index in [1.165, 1.54) is 12.1 Å². The summed E-state index contributed by atoms with van der Waals surface area (Å²) < 4.78 is 37.9. The topological polar surface area (TPSA) is 88.6 Å². The number of nitrogens with zero attached hydrogens (tertiary/aromatic N) is 3. The van der Waals surface area contributed by atoms with Crippen LogP contribution in [0.3, 0.4) is 0 Å². The highest BCUT2D eigenvalue weighted by atomic mass is 32.2. The number of halogens is 1. The zero-order chi connectivity index (χ0) is 24.5. The summed E-state index contributed by atoms with van der Waals surface area (Å²) in [4.78, 5) is 13.0. The second kappa shape index (κ2) is 9.46. The number of aryl methyl sites for hydroxylation is 1. The minimum absolute atomic E-state index is 0.0644. The molecule has 0 saturated carbocycles. The Morgan fingerprint density at radius 2 is 1.94 bits per heavy atom. The third-order valence-electron chi connectivity index (χ3n) is 5.58. The van der Waals surface area contributed by atoms with Crippen LogP contribution in [0.1, 0.15) is 40.7 Å². The third kappa shape index (κ3) is 4.61. The summed E-state index contributed by atoms with van der Waals surface area (Å²) >= 11 is 1.14. The molecule has 10 heteroatoms. The molecule has 4 aromatic rings. The van der Waals surface area contributed by atoms with Crippen molar-refractivity contribution in [2.45, 2.75) is 32.1 Å². The first-order chi connectivity index (χ1) is 16.9. The monoisotopic (exact) mass is 495 g/mol. The van der Waals surface area contributed by atoms with E-state index in [1.54, 1.807) is 19.1 Å². The molecule has 0 fully saturated rings. The Morgan fingerprint density at radius 1 is 1.14 bits per heavy atom. The first kappa shape index (κ1) is 23.0. The molecule has 1 aliphatic rings. The van der Waals surface area contributed by atoms with Gasteiger partial charge >= 0.3 is 0 Å². The lowest BCUT2D eigenvalue weighted by molar-refractivity contribution is 0.102. The number of carbonyl (C=O) groups is 1. The summed E-state index contributed by atoms with van der Waals surface area (Å²) in [5, 5.41) is 8.19. The predicted molar refractivity (Wildman–Crippen MR) is 126 cm³/mol. The zero-order valence-electron chi connectivity index (χ0n) is 19.3. The quantitative estimate of drug-likeness (QED) is 0.235. The van der Waals surface area contributed by atoms with Crippen LogP contribution in [0, 0.1) is 19.7 Å². The third-order valence-corrected chi connectivity index (χ3v) is 6.40. The lowest BCUT2D eigenvalue weighted by atomic mass is 10.2. The van der Waals surface area contributed by atoms with Crippen molar-refractivity contribution in [1.82, 2.24) is 14.8 Å². The number of carbonyl (C=O) groups excluding carboxylic acids is 1. The number of rotatable bonds is 8. The number of ether oxygens (including phenoxy) is 3. The van der Waals surface area contributed by atoms with E-state index in [0.717, 1.165) is 28.8 Å². The average molecular weight is 496 g/mol. The molecule has 1 aliphatic heterocycles. The number of benzene rings is 2. The number of thioether (sulfide) groups is 1. The fourth-order valence-electron chi connectivity index (χ4n) is 3.90. The van der Waals surface area contributed by atoms with Crippen molar-refractivity contribution in [3.8, 4) is 22.9 Å². The van der Waals surface area contributed by atoms with E-state index < -0.39 is 11.9 Å². The summed E-state index contributed by atoms with van der Waals surface area (Å²) in [7, 11) is 0. The van der Waals surface area contributed by atoms with Gasteiger partial charge in [-0.25, -0.2) is 4.39 Å². The molecule has 3 heterocycles. The minimum atomic E-state index is -0.648. The number of Topliss-reactive ketones (excluding diaryl/α,β-unsaturated/α-hetero) is 1. The van der Waals surface area contributed by atoms with E-state index in [2.05, 4.69) is 10.2 Å². The summed E-state index contributed by atoms with van der Waals surface area (Å²) in [6, 6.07) is 13.7. The molecular formula is C25H22FN3O5S. The van der Waals surface area contributed by atoms with E-state index in [4.69, 9.17) is 18.6 Å². The molecule has 1 atom stereocenters. The Bertz CT molecular complexity index is 1400. The van der Waals surface area contributed by atoms with Gasteiger partial charge in [0.25, 0.3) is 11.1 Å². The summed E-state index contributed by atoms with van der Waals surface area (Å²) in [5.74, 6) is 1.26. The number of aromatic nitrogens is 3. The Balaban J connectivity index is 1.25.